The molecule has 0 radical (unpaired) electrons. The Balaban J connectivity index is 1.61. The van der Waals surface area contributed by atoms with Gasteiger partial charge in [-0.1, -0.05) is 29.8 Å². The van der Waals surface area contributed by atoms with E-state index >= 15 is 0 Å². The summed E-state index contributed by atoms with van der Waals surface area (Å²) < 4.78 is 6.73. The van der Waals surface area contributed by atoms with Crippen molar-refractivity contribution in [1.82, 2.24) is 4.90 Å². The summed E-state index contributed by atoms with van der Waals surface area (Å²) in [5.74, 6) is 1.24. The molecule has 1 fully saturated rings. The first-order chi connectivity index (χ1) is 14.0. The van der Waals surface area contributed by atoms with E-state index in [9.17, 15) is 4.79 Å². The van der Waals surface area contributed by atoms with Gasteiger partial charge in [0, 0.05) is 22.7 Å². The number of hydrogen-bond acceptors (Lipinski definition) is 4. The van der Waals surface area contributed by atoms with Crippen molar-refractivity contribution in [3.8, 4) is 11.3 Å². The van der Waals surface area contributed by atoms with Crippen LogP contribution in [0.1, 0.15) is 12.7 Å². The second-order valence-electron chi connectivity index (χ2n) is 6.22. The highest BCUT2D eigenvalue weighted by atomic mass is 79.9. The quantitative estimate of drug-likeness (QED) is 0.373. The van der Waals surface area contributed by atoms with Gasteiger partial charge in [-0.25, -0.2) is 4.99 Å². The van der Waals surface area contributed by atoms with Gasteiger partial charge in [-0.05, 0) is 77.1 Å². The molecule has 4 rings (SSSR count). The van der Waals surface area contributed by atoms with Gasteiger partial charge >= 0.3 is 0 Å². The largest absolute Gasteiger partial charge is 0.457 e. The van der Waals surface area contributed by atoms with E-state index in [1.807, 2.05) is 67.6 Å². The second-order valence-corrected chi connectivity index (χ2v) is 8.49. The van der Waals surface area contributed by atoms with Crippen LogP contribution in [-0.2, 0) is 4.79 Å². The van der Waals surface area contributed by atoms with Crippen molar-refractivity contribution in [3.05, 3.63) is 80.8 Å². The molecule has 0 N–H and O–H groups in total. The molecule has 1 aliphatic rings. The number of halogens is 2. The molecular formula is C22H16BrClN2O2S. The molecule has 1 saturated heterocycles. The van der Waals surface area contributed by atoms with Crippen LogP contribution >= 0.6 is 39.3 Å². The fourth-order valence-electron chi connectivity index (χ4n) is 2.85. The summed E-state index contributed by atoms with van der Waals surface area (Å²) in [6, 6.07) is 18.9. The van der Waals surface area contributed by atoms with Gasteiger partial charge in [0.25, 0.3) is 5.91 Å². The average molecular weight is 488 g/mol. The maximum Gasteiger partial charge on any atom is 0.266 e. The number of amidine groups is 1. The fraction of sp³-hybridized carbons (Fsp3) is 0.0909. The molecule has 0 aliphatic carbocycles. The molecule has 4 nitrogen and oxygen atoms in total. The van der Waals surface area contributed by atoms with Crippen LogP contribution < -0.4 is 0 Å². The highest BCUT2D eigenvalue weighted by Crippen LogP contribution is 2.35. The predicted molar refractivity (Wildman–Crippen MR) is 123 cm³/mol. The van der Waals surface area contributed by atoms with Crippen LogP contribution in [0.5, 0.6) is 0 Å². The van der Waals surface area contributed by atoms with E-state index < -0.39 is 0 Å². The van der Waals surface area contributed by atoms with Crippen molar-refractivity contribution in [1.29, 1.82) is 0 Å². The number of amides is 1. The molecule has 1 aliphatic heterocycles. The highest BCUT2D eigenvalue weighted by molar-refractivity contribution is 9.10. The third-order valence-electron chi connectivity index (χ3n) is 4.29. The Hall–Kier alpha value is -2.28. The van der Waals surface area contributed by atoms with E-state index in [0.717, 1.165) is 15.7 Å². The first kappa shape index (κ1) is 20.0. The van der Waals surface area contributed by atoms with Crippen molar-refractivity contribution in [3.63, 3.8) is 0 Å². The number of likely N-dealkylation sites (N-methyl/N-ethyl adjacent to an activating group) is 1. The number of thioether (sulfide) groups is 1. The number of furan rings is 1. The molecule has 1 amide bonds. The standard InChI is InChI=1S/C22H16BrClN2O2S/c1-2-26-21(27)20(29-22(26)25-15-6-4-3-5-7-15)13-16-9-11-19(28-16)14-8-10-18(24)17(23)12-14/h3-13H,2H2,1H3/b20-13-,25-22?. The van der Waals surface area contributed by atoms with Gasteiger partial charge in [0.15, 0.2) is 5.17 Å². The molecule has 0 spiro atoms. The predicted octanol–water partition coefficient (Wildman–Crippen LogP) is 6.99. The molecule has 0 atom stereocenters. The molecule has 2 heterocycles. The number of carbonyl (C=O) groups excluding carboxylic acids is 1. The Morgan fingerprint density at radius 1 is 1.17 bits per heavy atom. The summed E-state index contributed by atoms with van der Waals surface area (Å²) in [4.78, 5) is 19.7. The van der Waals surface area contributed by atoms with Crippen LogP contribution in [0.4, 0.5) is 5.69 Å². The first-order valence-corrected chi connectivity index (χ1v) is 10.9. The number of rotatable bonds is 4. The Bertz CT molecular complexity index is 1120. The molecule has 29 heavy (non-hydrogen) atoms. The molecule has 7 heteroatoms. The third kappa shape index (κ3) is 4.34. The van der Waals surface area contributed by atoms with Crippen LogP contribution in [0.15, 0.2) is 79.5 Å². The summed E-state index contributed by atoms with van der Waals surface area (Å²) >= 11 is 10.8. The van der Waals surface area contributed by atoms with Gasteiger partial charge in [-0.2, -0.15) is 0 Å². The highest BCUT2D eigenvalue weighted by Gasteiger charge is 2.32. The zero-order chi connectivity index (χ0) is 20.4. The van der Waals surface area contributed by atoms with Gasteiger partial charge in [0.2, 0.25) is 0 Å². The fourth-order valence-corrected chi connectivity index (χ4v) is 4.39. The summed E-state index contributed by atoms with van der Waals surface area (Å²) in [5.41, 5.74) is 1.72. The number of aliphatic imine (C=N–C) groups is 1. The normalized spacial score (nSPS) is 16.9. The van der Waals surface area contributed by atoms with E-state index in [0.29, 0.717) is 33.2 Å². The van der Waals surface area contributed by atoms with Crippen molar-refractivity contribution in [2.45, 2.75) is 6.92 Å². The molecule has 0 bridgehead atoms. The van der Waals surface area contributed by atoms with E-state index in [4.69, 9.17) is 16.0 Å². The third-order valence-corrected chi connectivity index (χ3v) is 6.51. The SMILES string of the molecule is CCN1C(=O)/C(=C/c2ccc(-c3ccc(Cl)c(Br)c3)o2)SC1=Nc1ccccc1. The van der Waals surface area contributed by atoms with Crippen molar-refractivity contribution in [2.24, 2.45) is 4.99 Å². The Morgan fingerprint density at radius 2 is 1.97 bits per heavy atom. The Kier molecular flexibility index (Phi) is 5.94. The van der Waals surface area contributed by atoms with Gasteiger partial charge < -0.3 is 4.42 Å². The number of benzene rings is 2. The molecule has 146 valence electrons. The van der Waals surface area contributed by atoms with Crippen LogP contribution in [0, 0.1) is 0 Å². The minimum Gasteiger partial charge on any atom is -0.457 e. The Labute approximate surface area is 186 Å². The maximum atomic E-state index is 12.8. The minimum atomic E-state index is -0.0700. The topological polar surface area (TPSA) is 45.8 Å². The summed E-state index contributed by atoms with van der Waals surface area (Å²) in [5, 5.41) is 1.31. The van der Waals surface area contributed by atoms with Crippen LogP contribution in [-0.4, -0.2) is 22.5 Å². The molecular weight excluding hydrogens is 472 g/mol. The number of hydrogen-bond donors (Lipinski definition) is 0. The smallest absolute Gasteiger partial charge is 0.266 e. The van der Waals surface area contributed by atoms with Crippen molar-refractivity contribution in [2.75, 3.05) is 6.54 Å². The van der Waals surface area contributed by atoms with Crippen LogP contribution in [0.2, 0.25) is 5.02 Å². The minimum absolute atomic E-state index is 0.0700. The molecule has 1 aromatic heterocycles. The van der Waals surface area contributed by atoms with Crippen molar-refractivity contribution >= 4 is 62.1 Å². The lowest BCUT2D eigenvalue weighted by Gasteiger charge is -2.11. The maximum absolute atomic E-state index is 12.8. The summed E-state index contributed by atoms with van der Waals surface area (Å²) in [6.45, 7) is 2.49. The van der Waals surface area contributed by atoms with Crippen LogP contribution in [0.3, 0.4) is 0 Å². The Morgan fingerprint density at radius 3 is 2.69 bits per heavy atom. The lowest BCUT2D eigenvalue weighted by Crippen LogP contribution is -2.28. The van der Waals surface area contributed by atoms with E-state index in [1.165, 1.54) is 11.8 Å². The van der Waals surface area contributed by atoms with Gasteiger partial charge in [-0.3, -0.25) is 9.69 Å². The number of nitrogens with zero attached hydrogens (tertiary/aromatic N) is 2. The van der Waals surface area contributed by atoms with E-state index in [1.54, 1.807) is 11.0 Å². The molecule has 2 aromatic carbocycles. The average Bonchev–Trinajstić information content (AvgIpc) is 3.30. The summed E-state index contributed by atoms with van der Waals surface area (Å²) in [6.07, 6.45) is 1.76. The summed E-state index contributed by atoms with van der Waals surface area (Å²) in [7, 11) is 0. The molecule has 3 aromatic rings. The second kappa shape index (κ2) is 8.61. The zero-order valence-electron chi connectivity index (χ0n) is 15.4. The number of para-hydroxylation sites is 1. The van der Waals surface area contributed by atoms with Crippen LogP contribution in [0.25, 0.3) is 17.4 Å². The van der Waals surface area contributed by atoms with Gasteiger partial charge in [0.05, 0.1) is 15.6 Å². The van der Waals surface area contributed by atoms with E-state index in [2.05, 4.69) is 20.9 Å². The monoisotopic (exact) mass is 486 g/mol. The molecule has 0 unspecified atom stereocenters. The zero-order valence-corrected chi connectivity index (χ0v) is 18.6. The lowest BCUT2D eigenvalue weighted by atomic mass is 10.2. The first-order valence-electron chi connectivity index (χ1n) is 8.95. The number of carbonyl (C=O) groups is 1. The lowest BCUT2D eigenvalue weighted by molar-refractivity contribution is -0.122. The van der Waals surface area contributed by atoms with Crippen molar-refractivity contribution < 1.29 is 9.21 Å². The van der Waals surface area contributed by atoms with Gasteiger partial charge in [0.1, 0.15) is 11.5 Å². The van der Waals surface area contributed by atoms with E-state index in [-0.39, 0.29) is 5.91 Å². The van der Waals surface area contributed by atoms with Gasteiger partial charge in [-0.15, -0.1) is 0 Å². The molecule has 0 saturated carbocycles.